The Morgan fingerprint density at radius 1 is 1.22 bits per heavy atom. The SMILES string of the molecule is CNc1nc(C(C)C)nc(NC2CC2(C)C)c1C. The van der Waals surface area contributed by atoms with Gasteiger partial charge in [-0.15, -0.1) is 0 Å². The molecule has 0 bridgehead atoms. The highest BCUT2D eigenvalue weighted by Crippen LogP contribution is 2.46. The van der Waals surface area contributed by atoms with E-state index in [1.165, 1.54) is 6.42 Å². The van der Waals surface area contributed by atoms with Crippen molar-refractivity contribution in [2.45, 2.75) is 53.0 Å². The third kappa shape index (κ3) is 2.42. The molecule has 1 fully saturated rings. The van der Waals surface area contributed by atoms with E-state index in [0.29, 0.717) is 17.4 Å². The molecule has 1 aromatic rings. The number of nitrogens with one attached hydrogen (secondary N) is 2. The summed E-state index contributed by atoms with van der Waals surface area (Å²) in [5.74, 6) is 3.14. The monoisotopic (exact) mass is 248 g/mol. The fraction of sp³-hybridized carbons (Fsp3) is 0.714. The average molecular weight is 248 g/mol. The van der Waals surface area contributed by atoms with Crippen LogP contribution in [0.2, 0.25) is 0 Å². The maximum Gasteiger partial charge on any atom is 0.135 e. The summed E-state index contributed by atoms with van der Waals surface area (Å²) in [4.78, 5) is 9.22. The van der Waals surface area contributed by atoms with Gasteiger partial charge in [0.25, 0.3) is 0 Å². The summed E-state index contributed by atoms with van der Waals surface area (Å²) in [5.41, 5.74) is 1.50. The highest BCUT2D eigenvalue weighted by Gasteiger charge is 2.46. The molecule has 1 saturated carbocycles. The molecule has 1 unspecified atom stereocenters. The predicted octanol–water partition coefficient (Wildman–Crippen LogP) is 3.16. The van der Waals surface area contributed by atoms with Gasteiger partial charge in [-0.3, -0.25) is 0 Å². The van der Waals surface area contributed by atoms with Crippen molar-refractivity contribution in [1.82, 2.24) is 9.97 Å². The minimum absolute atomic E-state index is 0.338. The van der Waals surface area contributed by atoms with Crippen LogP contribution in [-0.4, -0.2) is 23.1 Å². The summed E-state index contributed by atoms with van der Waals surface area (Å²) < 4.78 is 0. The third-order valence-electron chi connectivity index (χ3n) is 3.74. The van der Waals surface area contributed by atoms with Crippen LogP contribution in [0.1, 0.15) is 51.4 Å². The molecule has 1 aliphatic rings. The molecule has 0 spiro atoms. The quantitative estimate of drug-likeness (QED) is 0.859. The highest BCUT2D eigenvalue weighted by atomic mass is 15.1. The molecule has 0 saturated heterocycles. The van der Waals surface area contributed by atoms with Gasteiger partial charge in [0, 0.05) is 24.6 Å². The van der Waals surface area contributed by atoms with Gasteiger partial charge in [-0.05, 0) is 18.8 Å². The molecule has 0 aromatic carbocycles. The molecule has 0 aliphatic heterocycles. The first kappa shape index (κ1) is 13.1. The normalized spacial score (nSPS) is 20.9. The molecule has 1 aromatic heterocycles. The second-order valence-corrected chi connectivity index (χ2v) is 6.20. The second-order valence-electron chi connectivity index (χ2n) is 6.20. The van der Waals surface area contributed by atoms with Crippen LogP contribution >= 0.6 is 0 Å². The van der Waals surface area contributed by atoms with E-state index in [0.717, 1.165) is 23.0 Å². The van der Waals surface area contributed by atoms with Crippen molar-refractivity contribution >= 4 is 11.6 Å². The first-order chi connectivity index (χ1) is 8.35. The van der Waals surface area contributed by atoms with Gasteiger partial charge in [-0.1, -0.05) is 27.7 Å². The van der Waals surface area contributed by atoms with Gasteiger partial charge in [0.15, 0.2) is 0 Å². The van der Waals surface area contributed by atoms with Crippen LogP contribution in [0.25, 0.3) is 0 Å². The smallest absolute Gasteiger partial charge is 0.135 e. The molecule has 1 aliphatic carbocycles. The maximum atomic E-state index is 4.66. The van der Waals surface area contributed by atoms with E-state index in [2.05, 4.69) is 55.2 Å². The summed E-state index contributed by atoms with van der Waals surface area (Å²) >= 11 is 0. The van der Waals surface area contributed by atoms with E-state index in [1.807, 2.05) is 7.05 Å². The molecule has 0 radical (unpaired) electrons. The first-order valence-electron chi connectivity index (χ1n) is 6.68. The summed E-state index contributed by atoms with van der Waals surface area (Å²) in [5, 5.41) is 6.71. The summed E-state index contributed by atoms with van der Waals surface area (Å²) in [6, 6.07) is 0.538. The van der Waals surface area contributed by atoms with Crippen LogP contribution in [0.15, 0.2) is 0 Å². The van der Waals surface area contributed by atoms with Gasteiger partial charge >= 0.3 is 0 Å². The van der Waals surface area contributed by atoms with E-state index in [4.69, 9.17) is 0 Å². The standard InChI is InChI=1S/C14H24N4/c1-8(2)11-17-12(15-6)9(3)13(18-11)16-10-7-14(10,4)5/h8,10H,7H2,1-6H3,(H2,15,16,17,18). The van der Waals surface area contributed by atoms with E-state index >= 15 is 0 Å². The van der Waals surface area contributed by atoms with Crippen molar-refractivity contribution in [3.63, 3.8) is 0 Å². The minimum atomic E-state index is 0.338. The van der Waals surface area contributed by atoms with Crippen LogP contribution in [0.4, 0.5) is 11.6 Å². The Labute approximate surface area is 110 Å². The number of rotatable bonds is 4. The molecule has 18 heavy (non-hydrogen) atoms. The van der Waals surface area contributed by atoms with E-state index in [1.54, 1.807) is 0 Å². The number of nitrogens with zero attached hydrogens (tertiary/aromatic N) is 2. The second kappa shape index (κ2) is 4.41. The molecular formula is C14H24N4. The highest BCUT2D eigenvalue weighted by molar-refractivity contribution is 5.58. The molecule has 100 valence electrons. The van der Waals surface area contributed by atoms with Crippen molar-refractivity contribution in [1.29, 1.82) is 0 Å². The van der Waals surface area contributed by atoms with Crippen molar-refractivity contribution in [3.8, 4) is 0 Å². The average Bonchev–Trinajstić information content (AvgIpc) is 2.88. The largest absolute Gasteiger partial charge is 0.373 e. The molecule has 4 nitrogen and oxygen atoms in total. The Bertz CT molecular complexity index is 451. The zero-order chi connectivity index (χ0) is 13.5. The van der Waals surface area contributed by atoms with Gasteiger partial charge in [0.2, 0.25) is 0 Å². The summed E-state index contributed by atoms with van der Waals surface area (Å²) in [6.45, 7) is 10.9. The fourth-order valence-electron chi connectivity index (χ4n) is 2.05. The van der Waals surface area contributed by atoms with Crippen molar-refractivity contribution in [3.05, 3.63) is 11.4 Å². The number of aromatic nitrogens is 2. The van der Waals surface area contributed by atoms with Crippen LogP contribution in [0.5, 0.6) is 0 Å². The van der Waals surface area contributed by atoms with Crippen molar-refractivity contribution in [2.24, 2.45) is 5.41 Å². The fourth-order valence-corrected chi connectivity index (χ4v) is 2.05. The maximum absolute atomic E-state index is 4.66. The molecule has 2 rings (SSSR count). The zero-order valence-electron chi connectivity index (χ0n) is 12.3. The van der Waals surface area contributed by atoms with E-state index in [9.17, 15) is 0 Å². The minimum Gasteiger partial charge on any atom is -0.373 e. The van der Waals surface area contributed by atoms with Crippen LogP contribution in [0, 0.1) is 12.3 Å². The van der Waals surface area contributed by atoms with Crippen LogP contribution < -0.4 is 10.6 Å². The van der Waals surface area contributed by atoms with E-state index < -0.39 is 0 Å². The topological polar surface area (TPSA) is 49.8 Å². The zero-order valence-corrected chi connectivity index (χ0v) is 12.3. The number of hydrogen-bond acceptors (Lipinski definition) is 4. The lowest BCUT2D eigenvalue weighted by Gasteiger charge is -2.15. The molecule has 1 atom stereocenters. The van der Waals surface area contributed by atoms with Crippen molar-refractivity contribution < 1.29 is 0 Å². The van der Waals surface area contributed by atoms with Crippen LogP contribution in [0.3, 0.4) is 0 Å². The van der Waals surface area contributed by atoms with Gasteiger partial charge in [-0.25, -0.2) is 9.97 Å². The third-order valence-corrected chi connectivity index (χ3v) is 3.74. The Morgan fingerprint density at radius 2 is 1.78 bits per heavy atom. The lowest BCUT2D eigenvalue weighted by molar-refractivity contribution is 0.629. The molecule has 4 heteroatoms. The van der Waals surface area contributed by atoms with Crippen LogP contribution in [-0.2, 0) is 0 Å². The Morgan fingerprint density at radius 3 is 2.22 bits per heavy atom. The summed E-state index contributed by atoms with van der Waals surface area (Å²) in [7, 11) is 1.91. The predicted molar refractivity (Wildman–Crippen MR) is 76.2 cm³/mol. The molecule has 0 amide bonds. The van der Waals surface area contributed by atoms with Gasteiger partial charge in [0.1, 0.15) is 17.5 Å². The molecular weight excluding hydrogens is 224 g/mol. The Hall–Kier alpha value is -1.32. The Balaban J connectivity index is 2.30. The molecule has 1 heterocycles. The van der Waals surface area contributed by atoms with Gasteiger partial charge < -0.3 is 10.6 Å². The Kier molecular flexibility index (Phi) is 3.21. The number of anilines is 2. The van der Waals surface area contributed by atoms with Crippen molar-refractivity contribution in [2.75, 3.05) is 17.7 Å². The van der Waals surface area contributed by atoms with E-state index in [-0.39, 0.29) is 0 Å². The lowest BCUT2D eigenvalue weighted by Crippen LogP contribution is -2.14. The van der Waals surface area contributed by atoms with Gasteiger partial charge in [-0.2, -0.15) is 0 Å². The summed E-state index contributed by atoms with van der Waals surface area (Å²) in [6.07, 6.45) is 1.21. The lowest BCUT2D eigenvalue weighted by atomic mass is 10.1. The first-order valence-corrected chi connectivity index (χ1v) is 6.68. The molecule has 2 N–H and O–H groups in total. The van der Waals surface area contributed by atoms with Gasteiger partial charge in [0.05, 0.1) is 0 Å². The number of hydrogen-bond donors (Lipinski definition) is 2.